The lowest BCUT2D eigenvalue weighted by Gasteiger charge is -2.33. The predicted octanol–water partition coefficient (Wildman–Crippen LogP) is 3.57. The van der Waals surface area contributed by atoms with Gasteiger partial charge in [0.2, 0.25) is 5.91 Å². The van der Waals surface area contributed by atoms with Gasteiger partial charge in [0.1, 0.15) is 0 Å². The van der Waals surface area contributed by atoms with Gasteiger partial charge in [0.25, 0.3) is 0 Å². The van der Waals surface area contributed by atoms with Gasteiger partial charge in [-0.15, -0.1) is 0 Å². The summed E-state index contributed by atoms with van der Waals surface area (Å²) < 4.78 is 10.7. The monoisotopic (exact) mass is 382 g/mol. The third-order valence-electron chi connectivity index (χ3n) is 5.43. The van der Waals surface area contributed by atoms with Crippen LogP contribution in [0, 0.1) is 5.92 Å². The maximum absolute atomic E-state index is 12.8. The highest BCUT2D eigenvalue weighted by molar-refractivity contribution is 5.78. The molecule has 150 valence electrons. The third-order valence-corrected chi connectivity index (χ3v) is 5.43. The van der Waals surface area contributed by atoms with E-state index in [9.17, 15) is 4.79 Å². The average Bonchev–Trinajstić information content (AvgIpc) is 2.74. The minimum Gasteiger partial charge on any atom is -0.493 e. The number of hydrogen-bond donors (Lipinski definition) is 0. The lowest BCUT2D eigenvalue weighted by atomic mass is 9.95. The molecule has 5 heteroatoms. The maximum atomic E-state index is 12.8. The van der Waals surface area contributed by atoms with E-state index >= 15 is 0 Å². The van der Waals surface area contributed by atoms with Crippen LogP contribution in [-0.4, -0.2) is 50.1 Å². The number of benzene rings is 2. The van der Waals surface area contributed by atoms with E-state index in [0.29, 0.717) is 6.54 Å². The molecule has 0 bridgehead atoms. The molecule has 1 aliphatic heterocycles. The molecule has 3 rings (SSSR count). The second-order valence-electron chi connectivity index (χ2n) is 7.42. The molecular formula is C23H30N2O3. The van der Waals surface area contributed by atoms with Crippen LogP contribution >= 0.6 is 0 Å². The second kappa shape index (κ2) is 9.60. The van der Waals surface area contributed by atoms with Crippen molar-refractivity contribution in [3.63, 3.8) is 0 Å². The Labute approximate surface area is 167 Å². The quantitative estimate of drug-likeness (QED) is 0.734. The van der Waals surface area contributed by atoms with Crippen LogP contribution in [0.2, 0.25) is 0 Å². The van der Waals surface area contributed by atoms with Gasteiger partial charge in [0.15, 0.2) is 11.5 Å². The molecule has 0 unspecified atom stereocenters. The van der Waals surface area contributed by atoms with Gasteiger partial charge in [-0.2, -0.15) is 0 Å². The fourth-order valence-corrected chi connectivity index (χ4v) is 3.82. The number of methoxy groups -OCH3 is 2. The summed E-state index contributed by atoms with van der Waals surface area (Å²) in [5.74, 6) is 1.88. The topological polar surface area (TPSA) is 42.0 Å². The molecule has 0 aromatic heterocycles. The zero-order valence-electron chi connectivity index (χ0n) is 17.1. The summed E-state index contributed by atoms with van der Waals surface area (Å²) in [5, 5.41) is 0. The number of rotatable bonds is 7. The van der Waals surface area contributed by atoms with Crippen LogP contribution in [0.25, 0.3) is 0 Å². The Morgan fingerprint density at radius 3 is 2.32 bits per heavy atom. The largest absolute Gasteiger partial charge is 0.493 e. The molecule has 1 fully saturated rings. The highest BCUT2D eigenvalue weighted by atomic mass is 16.5. The molecule has 0 atom stereocenters. The molecule has 0 saturated carbocycles. The molecular weight excluding hydrogens is 352 g/mol. The number of amides is 1. The minimum atomic E-state index is 0.121. The first-order chi connectivity index (χ1) is 13.6. The van der Waals surface area contributed by atoms with Gasteiger partial charge in [-0.05, 0) is 49.2 Å². The van der Waals surface area contributed by atoms with E-state index in [1.165, 1.54) is 11.1 Å². The van der Waals surface area contributed by atoms with Crippen LogP contribution in [0.15, 0.2) is 48.5 Å². The zero-order chi connectivity index (χ0) is 19.9. The van der Waals surface area contributed by atoms with E-state index in [1.807, 2.05) is 42.3 Å². The summed E-state index contributed by atoms with van der Waals surface area (Å²) in [4.78, 5) is 17.1. The first kappa shape index (κ1) is 20.2. The Hall–Kier alpha value is -2.53. The molecule has 2 aromatic rings. The van der Waals surface area contributed by atoms with E-state index < -0.39 is 0 Å². The van der Waals surface area contributed by atoms with E-state index in [1.54, 1.807) is 14.2 Å². The number of carbonyl (C=O) groups is 1. The highest BCUT2D eigenvalue weighted by Crippen LogP contribution is 2.29. The van der Waals surface area contributed by atoms with Crippen LogP contribution < -0.4 is 9.47 Å². The van der Waals surface area contributed by atoms with Gasteiger partial charge in [-0.1, -0.05) is 36.4 Å². The normalized spacial score (nSPS) is 15.2. The first-order valence-electron chi connectivity index (χ1n) is 9.83. The Bertz CT molecular complexity index is 771. The van der Waals surface area contributed by atoms with Crippen molar-refractivity contribution in [1.82, 2.24) is 9.80 Å². The van der Waals surface area contributed by atoms with Gasteiger partial charge in [0.05, 0.1) is 14.2 Å². The molecule has 2 aromatic carbocycles. The SMILES string of the molecule is COc1ccc(CN2CCC(C(=O)N(C)Cc3ccccc3)CC2)cc1OC. The average molecular weight is 383 g/mol. The van der Waals surface area contributed by atoms with E-state index in [0.717, 1.165) is 44.0 Å². The molecule has 0 spiro atoms. The lowest BCUT2D eigenvalue weighted by molar-refractivity contribution is -0.136. The Morgan fingerprint density at radius 1 is 1.00 bits per heavy atom. The van der Waals surface area contributed by atoms with Gasteiger partial charge in [0, 0.05) is 26.1 Å². The van der Waals surface area contributed by atoms with Crippen LogP contribution in [0.1, 0.15) is 24.0 Å². The number of nitrogens with zero attached hydrogens (tertiary/aromatic N) is 2. The third kappa shape index (κ3) is 5.04. The van der Waals surface area contributed by atoms with Crippen LogP contribution in [0.4, 0.5) is 0 Å². The van der Waals surface area contributed by atoms with Crippen LogP contribution in [0.3, 0.4) is 0 Å². The summed E-state index contributed by atoms with van der Waals surface area (Å²) in [7, 11) is 5.21. The van der Waals surface area contributed by atoms with Crippen molar-refractivity contribution in [1.29, 1.82) is 0 Å². The van der Waals surface area contributed by atoms with Crippen LogP contribution in [0.5, 0.6) is 11.5 Å². The maximum Gasteiger partial charge on any atom is 0.225 e. The second-order valence-corrected chi connectivity index (χ2v) is 7.42. The smallest absolute Gasteiger partial charge is 0.225 e. The zero-order valence-corrected chi connectivity index (χ0v) is 17.1. The van der Waals surface area contributed by atoms with E-state index in [2.05, 4.69) is 23.1 Å². The Balaban J connectivity index is 1.50. The van der Waals surface area contributed by atoms with Gasteiger partial charge in [-0.3, -0.25) is 9.69 Å². The molecule has 1 aliphatic rings. The number of piperidine rings is 1. The molecule has 1 amide bonds. The van der Waals surface area contributed by atoms with Gasteiger partial charge >= 0.3 is 0 Å². The van der Waals surface area contributed by atoms with E-state index in [-0.39, 0.29) is 11.8 Å². The molecule has 0 radical (unpaired) electrons. The molecule has 1 saturated heterocycles. The fourth-order valence-electron chi connectivity index (χ4n) is 3.82. The number of carbonyl (C=O) groups excluding carboxylic acids is 1. The standard InChI is InChI=1S/C23H30N2O3/c1-24(16-18-7-5-4-6-8-18)23(26)20-11-13-25(14-12-20)17-19-9-10-21(27-2)22(15-19)28-3/h4-10,15,20H,11-14,16-17H2,1-3H3. The first-order valence-corrected chi connectivity index (χ1v) is 9.83. The Kier molecular flexibility index (Phi) is 6.93. The van der Waals surface area contributed by atoms with Crippen molar-refractivity contribution in [3.05, 3.63) is 59.7 Å². The minimum absolute atomic E-state index is 0.121. The van der Waals surface area contributed by atoms with Crippen molar-refractivity contribution in [2.45, 2.75) is 25.9 Å². The predicted molar refractivity (Wildman–Crippen MR) is 110 cm³/mol. The van der Waals surface area contributed by atoms with Crippen LogP contribution in [-0.2, 0) is 17.9 Å². The summed E-state index contributed by atoms with van der Waals surface area (Å²) in [6.07, 6.45) is 1.82. The highest BCUT2D eigenvalue weighted by Gasteiger charge is 2.27. The molecule has 1 heterocycles. The lowest BCUT2D eigenvalue weighted by Crippen LogP contribution is -2.40. The van der Waals surface area contributed by atoms with Crippen molar-refractivity contribution in [2.24, 2.45) is 5.92 Å². The number of hydrogen-bond acceptors (Lipinski definition) is 4. The van der Waals surface area contributed by atoms with Crippen molar-refractivity contribution in [3.8, 4) is 11.5 Å². The molecule has 28 heavy (non-hydrogen) atoms. The van der Waals surface area contributed by atoms with Crippen molar-refractivity contribution < 1.29 is 14.3 Å². The Morgan fingerprint density at radius 2 is 1.68 bits per heavy atom. The molecule has 5 nitrogen and oxygen atoms in total. The van der Waals surface area contributed by atoms with Crippen molar-refractivity contribution >= 4 is 5.91 Å². The van der Waals surface area contributed by atoms with Crippen molar-refractivity contribution in [2.75, 3.05) is 34.4 Å². The summed E-state index contributed by atoms with van der Waals surface area (Å²) in [5.41, 5.74) is 2.37. The summed E-state index contributed by atoms with van der Waals surface area (Å²) in [6.45, 7) is 3.40. The molecule has 0 aliphatic carbocycles. The van der Waals surface area contributed by atoms with Gasteiger partial charge in [-0.25, -0.2) is 0 Å². The number of likely N-dealkylation sites (tertiary alicyclic amines) is 1. The fraction of sp³-hybridized carbons (Fsp3) is 0.435. The van der Waals surface area contributed by atoms with E-state index in [4.69, 9.17) is 9.47 Å². The van der Waals surface area contributed by atoms with Gasteiger partial charge < -0.3 is 14.4 Å². The summed E-state index contributed by atoms with van der Waals surface area (Å²) in [6, 6.07) is 16.2. The summed E-state index contributed by atoms with van der Waals surface area (Å²) >= 11 is 0. The number of ether oxygens (including phenoxy) is 2. The molecule has 0 N–H and O–H groups in total.